The molecule has 7 heteroatoms. The SMILES string of the molecule is O=C(O)/C=C/c1ccc([C@@H]2O[C@H](CO)[C@@H](O)[C@H](O)[C@H]2O)cc1. The van der Waals surface area contributed by atoms with Crippen molar-refractivity contribution >= 4 is 12.0 Å². The lowest BCUT2D eigenvalue weighted by Gasteiger charge is -2.40. The second-order valence-corrected chi connectivity index (χ2v) is 5.09. The van der Waals surface area contributed by atoms with Gasteiger partial charge in [-0.25, -0.2) is 4.79 Å². The summed E-state index contributed by atoms with van der Waals surface area (Å²) in [6, 6.07) is 6.51. The maximum atomic E-state index is 10.5. The van der Waals surface area contributed by atoms with Crippen LogP contribution in [-0.2, 0) is 9.53 Å². The molecule has 0 saturated carbocycles. The molecule has 0 bridgehead atoms. The Labute approximate surface area is 126 Å². The molecule has 1 saturated heterocycles. The fraction of sp³-hybridized carbons (Fsp3) is 0.400. The number of carboxylic acids is 1. The Hall–Kier alpha value is -1.77. The van der Waals surface area contributed by atoms with Gasteiger partial charge in [0.2, 0.25) is 0 Å². The number of carbonyl (C=O) groups is 1. The second kappa shape index (κ2) is 6.99. The predicted molar refractivity (Wildman–Crippen MR) is 75.8 cm³/mol. The number of hydrogen-bond acceptors (Lipinski definition) is 6. The number of aliphatic carboxylic acids is 1. The fourth-order valence-electron chi connectivity index (χ4n) is 2.34. The van der Waals surface area contributed by atoms with Crippen molar-refractivity contribution in [1.82, 2.24) is 0 Å². The Balaban J connectivity index is 2.18. The highest BCUT2D eigenvalue weighted by Gasteiger charge is 2.43. The first-order chi connectivity index (χ1) is 10.4. The van der Waals surface area contributed by atoms with E-state index in [4.69, 9.17) is 14.9 Å². The van der Waals surface area contributed by atoms with Gasteiger partial charge in [0.15, 0.2) is 0 Å². The van der Waals surface area contributed by atoms with Crippen molar-refractivity contribution < 1.29 is 35.1 Å². The third-order valence-electron chi connectivity index (χ3n) is 3.58. The van der Waals surface area contributed by atoms with Crippen molar-refractivity contribution in [3.63, 3.8) is 0 Å². The average Bonchev–Trinajstić information content (AvgIpc) is 2.52. The van der Waals surface area contributed by atoms with Crippen molar-refractivity contribution in [2.45, 2.75) is 30.5 Å². The maximum absolute atomic E-state index is 10.5. The summed E-state index contributed by atoms with van der Waals surface area (Å²) >= 11 is 0. The first-order valence-electron chi connectivity index (χ1n) is 6.75. The molecule has 0 spiro atoms. The van der Waals surface area contributed by atoms with E-state index in [1.54, 1.807) is 24.3 Å². The quantitative estimate of drug-likeness (QED) is 0.465. The van der Waals surface area contributed by atoms with E-state index in [0.29, 0.717) is 11.1 Å². The first kappa shape index (κ1) is 16.6. The van der Waals surface area contributed by atoms with Gasteiger partial charge in [-0.2, -0.15) is 0 Å². The van der Waals surface area contributed by atoms with Crippen molar-refractivity contribution in [3.8, 4) is 0 Å². The molecule has 1 aliphatic rings. The zero-order valence-corrected chi connectivity index (χ0v) is 11.6. The van der Waals surface area contributed by atoms with Crippen LogP contribution in [0.25, 0.3) is 6.08 Å². The van der Waals surface area contributed by atoms with Gasteiger partial charge < -0.3 is 30.3 Å². The van der Waals surface area contributed by atoms with E-state index in [1.165, 1.54) is 6.08 Å². The lowest BCUT2D eigenvalue weighted by Crippen LogP contribution is -2.55. The summed E-state index contributed by atoms with van der Waals surface area (Å²) in [6.07, 6.45) is -3.60. The molecular weight excluding hydrogens is 292 g/mol. The maximum Gasteiger partial charge on any atom is 0.328 e. The van der Waals surface area contributed by atoms with Crippen molar-refractivity contribution in [3.05, 3.63) is 41.5 Å². The van der Waals surface area contributed by atoms with E-state index >= 15 is 0 Å². The minimum atomic E-state index is -1.43. The molecule has 0 radical (unpaired) electrons. The highest BCUT2D eigenvalue weighted by atomic mass is 16.5. The van der Waals surface area contributed by atoms with Crippen LogP contribution < -0.4 is 0 Å². The summed E-state index contributed by atoms with van der Waals surface area (Å²) in [7, 11) is 0. The molecule has 1 aliphatic heterocycles. The molecule has 0 aliphatic carbocycles. The Morgan fingerprint density at radius 1 is 1.09 bits per heavy atom. The van der Waals surface area contributed by atoms with E-state index in [9.17, 15) is 20.1 Å². The van der Waals surface area contributed by atoms with Gasteiger partial charge in [-0.1, -0.05) is 24.3 Å². The summed E-state index contributed by atoms with van der Waals surface area (Å²) in [5.74, 6) is -1.06. The number of ether oxygens (including phenoxy) is 1. The first-order valence-corrected chi connectivity index (χ1v) is 6.75. The summed E-state index contributed by atoms with van der Waals surface area (Å²) in [4.78, 5) is 10.5. The smallest absolute Gasteiger partial charge is 0.328 e. The lowest BCUT2D eigenvalue weighted by atomic mass is 9.91. The molecule has 1 heterocycles. The number of rotatable bonds is 4. The Bertz CT molecular complexity index is 537. The Morgan fingerprint density at radius 2 is 1.73 bits per heavy atom. The zero-order chi connectivity index (χ0) is 16.3. The molecule has 7 nitrogen and oxygen atoms in total. The van der Waals surface area contributed by atoms with Crippen LogP contribution in [0.1, 0.15) is 17.2 Å². The largest absolute Gasteiger partial charge is 0.478 e. The van der Waals surface area contributed by atoms with Gasteiger partial charge in [0.1, 0.15) is 30.5 Å². The molecule has 0 unspecified atom stereocenters. The van der Waals surface area contributed by atoms with E-state index in [1.807, 2.05) is 0 Å². The highest BCUT2D eigenvalue weighted by molar-refractivity contribution is 5.85. The van der Waals surface area contributed by atoms with Gasteiger partial charge in [0.05, 0.1) is 6.61 Å². The van der Waals surface area contributed by atoms with Gasteiger partial charge in [-0.05, 0) is 17.2 Å². The molecule has 1 aromatic rings. The molecule has 22 heavy (non-hydrogen) atoms. The van der Waals surface area contributed by atoms with Gasteiger partial charge in [-0.15, -0.1) is 0 Å². The zero-order valence-electron chi connectivity index (χ0n) is 11.6. The van der Waals surface area contributed by atoms with Gasteiger partial charge in [0, 0.05) is 6.08 Å². The highest BCUT2D eigenvalue weighted by Crippen LogP contribution is 2.32. The van der Waals surface area contributed by atoms with Crippen molar-refractivity contribution in [1.29, 1.82) is 0 Å². The van der Waals surface area contributed by atoms with Gasteiger partial charge >= 0.3 is 5.97 Å². The molecule has 2 rings (SSSR count). The van der Waals surface area contributed by atoms with Gasteiger partial charge in [-0.3, -0.25) is 0 Å². The van der Waals surface area contributed by atoms with Gasteiger partial charge in [0.25, 0.3) is 0 Å². The lowest BCUT2D eigenvalue weighted by molar-refractivity contribution is -0.231. The van der Waals surface area contributed by atoms with E-state index in [0.717, 1.165) is 6.08 Å². The number of carboxylic acid groups (broad SMARTS) is 1. The van der Waals surface area contributed by atoms with Crippen LogP contribution in [0.15, 0.2) is 30.3 Å². The number of hydrogen-bond donors (Lipinski definition) is 5. The van der Waals surface area contributed by atoms with Crippen molar-refractivity contribution in [2.24, 2.45) is 0 Å². The molecule has 5 atom stereocenters. The van der Waals surface area contributed by atoms with E-state index in [2.05, 4.69) is 0 Å². The molecule has 1 fully saturated rings. The number of aliphatic hydroxyl groups excluding tert-OH is 4. The number of benzene rings is 1. The summed E-state index contributed by atoms with van der Waals surface area (Å²) in [5, 5.41) is 47.2. The van der Waals surface area contributed by atoms with Crippen LogP contribution in [-0.4, -0.2) is 62.5 Å². The molecule has 0 aromatic heterocycles. The minimum absolute atomic E-state index is 0.485. The van der Waals surface area contributed by atoms with Crippen LogP contribution in [0.2, 0.25) is 0 Å². The standard InChI is InChI=1S/C15H18O7/c16-7-10-12(19)13(20)14(21)15(22-10)9-4-1-8(2-5-9)3-6-11(17)18/h1-6,10,12-16,19-21H,7H2,(H,17,18)/b6-3+/t10-,12-,13+,14-,15+/m1/s1. The second-order valence-electron chi connectivity index (χ2n) is 5.09. The Morgan fingerprint density at radius 3 is 2.27 bits per heavy atom. The van der Waals surface area contributed by atoms with Crippen LogP contribution in [0.3, 0.4) is 0 Å². The van der Waals surface area contributed by atoms with Crippen LogP contribution in [0.5, 0.6) is 0 Å². The van der Waals surface area contributed by atoms with Crippen LogP contribution in [0, 0.1) is 0 Å². The molecular formula is C15H18O7. The Kier molecular flexibility index (Phi) is 5.28. The average molecular weight is 310 g/mol. The van der Waals surface area contributed by atoms with Crippen LogP contribution >= 0.6 is 0 Å². The monoisotopic (exact) mass is 310 g/mol. The predicted octanol–water partition coefficient (Wildman–Crippen LogP) is -0.701. The third kappa shape index (κ3) is 3.52. The van der Waals surface area contributed by atoms with E-state index < -0.39 is 43.1 Å². The van der Waals surface area contributed by atoms with Crippen molar-refractivity contribution in [2.75, 3.05) is 6.61 Å². The number of aliphatic hydroxyl groups is 4. The molecule has 120 valence electrons. The van der Waals surface area contributed by atoms with Crippen LogP contribution in [0.4, 0.5) is 0 Å². The third-order valence-corrected chi connectivity index (χ3v) is 3.58. The minimum Gasteiger partial charge on any atom is -0.478 e. The molecule has 0 amide bonds. The normalized spacial score (nSPS) is 32.3. The molecule has 5 N–H and O–H groups in total. The molecule has 1 aromatic carbocycles. The van der Waals surface area contributed by atoms with E-state index in [-0.39, 0.29) is 0 Å². The summed E-state index contributed by atoms with van der Waals surface area (Å²) < 4.78 is 5.43. The fourth-order valence-corrected chi connectivity index (χ4v) is 2.34. The summed E-state index contributed by atoms with van der Waals surface area (Å²) in [6.45, 7) is -0.485. The summed E-state index contributed by atoms with van der Waals surface area (Å²) in [5.41, 5.74) is 1.19. The topological polar surface area (TPSA) is 127 Å².